The van der Waals surface area contributed by atoms with E-state index in [-0.39, 0.29) is 24.1 Å². The van der Waals surface area contributed by atoms with Crippen molar-refractivity contribution in [2.45, 2.75) is 18.6 Å². The number of fused-ring (bicyclic) bond motifs is 1. The highest BCUT2D eigenvalue weighted by atomic mass is 19.4. The molecule has 0 atom stereocenters. The molecule has 0 unspecified atom stereocenters. The highest BCUT2D eigenvalue weighted by Crippen LogP contribution is 2.31. The van der Waals surface area contributed by atoms with E-state index in [1.165, 1.54) is 12.1 Å². The summed E-state index contributed by atoms with van der Waals surface area (Å²) in [6.07, 6.45) is -2.47. The Bertz CT molecular complexity index is 1370. The van der Waals surface area contributed by atoms with Crippen LogP contribution < -0.4 is 15.4 Å². The van der Waals surface area contributed by atoms with Crippen molar-refractivity contribution in [1.82, 2.24) is 19.9 Å². The lowest BCUT2D eigenvalue weighted by molar-refractivity contribution is -0.137. The highest BCUT2D eigenvalue weighted by Gasteiger charge is 2.30. The molecule has 7 nitrogen and oxygen atoms in total. The topological polar surface area (TPSA) is 84.8 Å². The highest BCUT2D eigenvalue weighted by molar-refractivity contribution is 5.82. The molecule has 0 amide bonds. The summed E-state index contributed by atoms with van der Waals surface area (Å²) >= 11 is 0. The zero-order valence-corrected chi connectivity index (χ0v) is 18.6. The van der Waals surface area contributed by atoms with Gasteiger partial charge in [0.15, 0.2) is 6.61 Å². The van der Waals surface area contributed by atoms with E-state index in [4.69, 9.17) is 4.74 Å². The molecular formula is C24H19F5N6O. The van der Waals surface area contributed by atoms with Gasteiger partial charge in [0.1, 0.15) is 0 Å². The SMILES string of the molecule is C=CC(F)(F)COc1nc(NCc2cccc3ncccc23)nc(Nc2cccc(C(F)(F)F)c2)n1. The monoisotopic (exact) mass is 502 g/mol. The number of halogens is 5. The number of hydrogen-bond acceptors (Lipinski definition) is 7. The van der Waals surface area contributed by atoms with Crippen molar-refractivity contribution in [2.24, 2.45) is 0 Å². The smallest absolute Gasteiger partial charge is 0.416 e. The number of rotatable bonds is 9. The van der Waals surface area contributed by atoms with E-state index >= 15 is 0 Å². The summed E-state index contributed by atoms with van der Waals surface area (Å²) in [7, 11) is 0. The quantitative estimate of drug-likeness (QED) is 0.215. The van der Waals surface area contributed by atoms with Gasteiger partial charge in [-0.15, -0.1) is 0 Å². The number of ether oxygens (including phenoxy) is 1. The van der Waals surface area contributed by atoms with Gasteiger partial charge in [0.2, 0.25) is 11.9 Å². The fourth-order valence-electron chi connectivity index (χ4n) is 3.17. The standard InChI is InChI=1S/C24H19F5N6O/c1-2-23(25,26)14-36-22-34-20(31-13-15-6-3-10-19-18(15)9-5-11-30-19)33-21(35-22)32-17-8-4-7-16(12-17)24(27,28)29/h2-12H,1,13-14H2,(H2,31,32,33,34,35). The molecule has 0 saturated heterocycles. The van der Waals surface area contributed by atoms with Gasteiger partial charge in [-0.05, 0) is 42.0 Å². The van der Waals surface area contributed by atoms with Crippen molar-refractivity contribution >= 4 is 28.5 Å². The zero-order chi connectivity index (χ0) is 25.8. The molecule has 0 spiro atoms. The Morgan fingerprint density at radius 3 is 2.47 bits per heavy atom. The van der Waals surface area contributed by atoms with Gasteiger partial charge in [-0.25, -0.2) is 0 Å². The van der Waals surface area contributed by atoms with Gasteiger partial charge in [-0.3, -0.25) is 4.98 Å². The summed E-state index contributed by atoms with van der Waals surface area (Å²) in [6, 6.07) is 13.1. The average Bonchev–Trinajstić information content (AvgIpc) is 2.86. The molecule has 0 fully saturated rings. The van der Waals surface area contributed by atoms with Crippen LogP contribution in [0.3, 0.4) is 0 Å². The van der Waals surface area contributed by atoms with Crippen molar-refractivity contribution in [3.63, 3.8) is 0 Å². The molecule has 2 aromatic heterocycles. The third-order valence-corrected chi connectivity index (χ3v) is 4.93. The van der Waals surface area contributed by atoms with Crippen LogP contribution in [0.15, 0.2) is 73.4 Å². The molecule has 12 heteroatoms. The number of anilines is 3. The first-order valence-corrected chi connectivity index (χ1v) is 10.5. The first-order chi connectivity index (χ1) is 17.1. The number of hydrogen-bond donors (Lipinski definition) is 2. The molecule has 36 heavy (non-hydrogen) atoms. The van der Waals surface area contributed by atoms with E-state index in [2.05, 4.69) is 37.1 Å². The van der Waals surface area contributed by atoms with Gasteiger partial charge < -0.3 is 15.4 Å². The van der Waals surface area contributed by atoms with Crippen LogP contribution in [-0.4, -0.2) is 32.5 Å². The van der Waals surface area contributed by atoms with Crippen molar-refractivity contribution < 1.29 is 26.7 Å². The average molecular weight is 502 g/mol. The predicted octanol–water partition coefficient (Wildman–Crippen LogP) is 5.99. The van der Waals surface area contributed by atoms with E-state index in [1.54, 1.807) is 12.3 Å². The molecule has 0 aliphatic carbocycles. The van der Waals surface area contributed by atoms with Crippen molar-refractivity contribution in [3.8, 4) is 6.01 Å². The van der Waals surface area contributed by atoms with Crippen LogP contribution in [-0.2, 0) is 12.7 Å². The lowest BCUT2D eigenvalue weighted by atomic mass is 10.1. The first-order valence-electron chi connectivity index (χ1n) is 10.5. The summed E-state index contributed by atoms with van der Waals surface area (Å²) in [6.45, 7) is 2.20. The van der Waals surface area contributed by atoms with Crippen LogP contribution in [0.4, 0.5) is 39.5 Å². The molecule has 2 N–H and O–H groups in total. The second-order valence-electron chi connectivity index (χ2n) is 7.56. The Morgan fingerprint density at radius 2 is 1.69 bits per heavy atom. The summed E-state index contributed by atoms with van der Waals surface area (Å²) in [5.41, 5.74) is 0.778. The number of aromatic nitrogens is 4. The van der Waals surface area contributed by atoms with Crippen LogP contribution in [0.1, 0.15) is 11.1 Å². The van der Waals surface area contributed by atoms with E-state index in [9.17, 15) is 22.0 Å². The molecule has 186 valence electrons. The molecule has 0 aliphatic rings. The van der Waals surface area contributed by atoms with E-state index in [1.807, 2.05) is 24.3 Å². The fourth-order valence-corrected chi connectivity index (χ4v) is 3.17. The number of nitrogens with one attached hydrogen (secondary N) is 2. The molecule has 2 heterocycles. The van der Waals surface area contributed by atoms with E-state index < -0.39 is 30.3 Å². The Kier molecular flexibility index (Phi) is 6.95. The van der Waals surface area contributed by atoms with Gasteiger partial charge in [0.25, 0.3) is 5.92 Å². The van der Waals surface area contributed by atoms with E-state index in [0.717, 1.165) is 28.6 Å². The predicted molar refractivity (Wildman–Crippen MR) is 124 cm³/mol. The van der Waals surface area contributed by atoms with Gasteiger partial charge in [-0.1, -0.05) is 30.8 Å². The molecule has 0 bridgehead atoms. The van der Waals surface area contributed by atoms with Gasteiger partial charge in [0, 0.05) is 23.8 Å². The second kappa shape index (κ2) is 10.1. The Balaban J connectivity index is 1.61. The summed E-state index contributed by atoms with van der Waals surface area (Å²) in [5, 5.41) is 6.49. The lowest BCUT2D eigenvalue weighted by Gasteiger charge is -2.14. The molecule has 0 aliphatic heterocycles. The van der Waals surface area contributed by atoms with Crippen LogP contribution in [0, 0.1) is 0 Å². The number of nitrogens with zero attached hydrogens (tertiary/aromatic N) is 4. The first kappa shape index (κ1) is 24.8. The third-order valence-electron chi connectivity index (χ3n) is 4.93. The maximum atomic E-state index is 13.6. The molecule has 4 rings (SSSR count). The van der Waals surface area contributed by atoms with Crippen molar-refractivity contribution in [3.05, 3.63) is 84.6 Å². The number of alkyl halides is 5. The van der Waals surface area contributed by atoms with Crippen LogP contribution in [0.25, 0.3) is 10.9 Å². The van der Waals surface area contributed by atoms with Crippen molar-refractivity contribution in [2.75, 3.05) is 17.2 Å². The zero-order valence-electron chi connectivity index (χ0n) is 18.6. The number of benzene rings is 2. The Labute approximate surface area is 202 Å². The minimum absolute atomic E-state index is 0.0319. The Hall–Kier alpha value is -4.35. The Morgan fingerprint density at radius 1 is 0.917 bits per heavy atom. The molecular weight excluding hydrogens is 483 g/mol. The molecule has 0 saturated carbocycles. The third kappa shape index (κ3) is 6.20. The molecule has 0 radical (unpaired) electrons. The second-order valence-corrected chi connectivity index (χ2v) is 7.56. The number of pyridine rings is 1. The molecule has 2 aromatic carbocycles. The maximum Gasteiger partial charge on any atom is 0.416 e. The maximum absolute atomic E-state index is 13.6. The minimum atomic E-state index is -4.55. The summed E-state index contributed by atoms with van der Waals surface area (Å²) in [4.78, 5) is 16.4. The van der Waals surface area contributed by atoms with E-state index in [0.29, 0.717) is 6.08 Å². The van der Waals surface area contributed by atoms with Gasteiger partial charge in [0.05, 0.1) is 11.1 Å². The van der Waals surface area contributed by atoms with Crippen LogP contribution in [0.2, 0.25) is 0 Å². The fraction of sp³-hybridized carbons (Fsp3) is 0.167. The van der Waals surface area contributed by atoms with Crippen LogP contribution >= 0.6 is 0 Å². The lowest BCUT2D eigenvalue weighted by Crippen LogP contribution is -2.23. The normalized spacial score (nSPS) is 11.8. The van der Waals surface area contributed by atoms with Crippen LogP contribution in [0.5, 0.6) is 6.01 Å². The van der Waals surface area contributed by atoms with Crippen molar-refractivity contribution in [1.29, 1.82) is 0 Å². The van der Waals surface area contributed by atoms with Gasteiger partial charge >= 0.3 is 12.2 Å². The largest absolute Gasteiger partial charge is 0.457 e. The summed E-state index contributed by atoms with van der Waals surface area (Å²) in [5.74, 6) is -3.59. The molecule has 4 aromatic rings. The summed E-state index contributed by atoms with van der Waals surface area (Å²) < 4.78 is 71.4. The minimum Gasteiger partial charge on any atom is -0.457 e. The van der Waals surface area contributed by atoms with Gasteiger partial charge in [-0.2, -0.15) is 36.9 Å².